The van der Waals surface area contributed by atoms with Crippen LogP contribution in [0.15, 0.2) is 59.4 Å². The van der Waals surface area contributed by atoms with Crippen LogP contribution in [0.2, 0.25) is 0 Å². The van der Waals surface area contributed by atoms with Crippen LogP contribution in [0.4, 0.5) is 10.1 Å². The Bertz CT molecular complexity index is 1100. The van der Waals surface area contributed by atoms with Crippen molar-refractivity contribution >= 4 is 11.6 Å². The summed E-state index contributed by atoms with van der Waals surface area (Å²) in [5.41, 5.74) is -0.239. The Balaban J connectivity index is 1.94. The predicted molar refractivity (Wildman–Crippen MR) is 111 cm³/mol. The molecule has 3 aromatic rings. The number of carbonyl (C=O) groups is 1. The Kier molecular flexibility index (Phi) is 5.86. The van der Waals surface area contributed by atoms with Gasteiger partial charge in [0.25, 0.3) is 11.5 Å². The highest BCUT2D eigenvalue weighted by molar-refractivity contribution is 5.96. The first kappa shape index (κ1) is 21.0. The third-order valence-electron chi connectivity index (χ3n) is 4.63. The topological polar surface area (TPSA) is 82.5 Å². The number of rotatable bonds is 6. The number of nitrogens with zero attached hydrogens (tertiary/aromatic N) is 2. The summed E-state index contributed by atoms with van der Waals surface area (Å²) in [6.45, 7) is 3.17. The first-order valence-electron chi connectivity index (χ1n) is 9.16. The van der Waals surface area contributed by atoms with Crippen LogP contribution in [0.5, 0.6) is 11.5 Å². The largest absolute Gasteiger partial charge is 0.497 e. The van der Waals surface area contributed by atoms with Crippen molar-refractivity contribution in [2.24, 2.45) is 0 Å². The third-order valence-corrected chi connectivity index (χ3v) is 4.63. The molecule has 1 N–H and O–H groups in total. The molecule has 8 heteroatoms. The molecule has 0 saturated heterocycles. The fourth-order valence-electron chi connectivity index (χ4n) is 2.85. The first-order valence-corrected chi connectivity index (χ1v) is 9.16. The molecule has 3 rings (SSSR count). The first-order chi connectivity index (χ1) is 14.2. The number of hydrogen-bond acceptors (Lipinski definition) is 5. The average molecular weight is 411 g/mol. The zero-order chi connectivity index (χ0) is 21.9. The van der Waals surface area contributed by atoms with E-state index in [2.05, 4.69) is 10.4 Å². The summed E-state index contributed by atoms with van der Waals surface area (Å²) >= 11 is 0. The number of benzene rings is 2. The fourth-order valence-corrected chi connectivity index (χ4v) is 2.85. The molecule has 0 bridgehead atoms. The van der Waals surface area contributed by atoms with Crippen molar-refractivity contribution in [2.75, 3.05) is 19.5 Å². The van der Waals surface area contributed by atoms with Crippen molar-refractivity contribution in [3.63, 3.8) is 0 Å². The average Bonchev–Trinajstić information content (AvgIpc) is 2.74. The smallest absolute Gasteiger partial charge is 0.267 e. The number of hydrogen-bond donors (Lipinski definition) is 1. The van der Waals surface area contributed by atoms with Crippen LogP contribution < -0.4 is 20.3 Å². The van der Waals surface area contributed by atoms with E-state index in [9.17, 15) is 14.0 Å². The molecule has 1 amide bonds. The molecule has 7 nitrogen and oxygen atoms in total. The molecule has 156 valence electrons. The summed E-state index contributed by atoms with van der Waals surface area (Å²) in [6.07, 6.45) is 0. The monoisotopic (exact) mass is 411 g/mol. The van der Waals surface area contributed by atoms with Crippen molar-refractivity contribution < 1.29 is 18.7 Å². The van der Waals surface area contributed by atoms with Crippen LogP contribution in [-0.2, 0) is 10.3 Å². The predicted octanol–water partition coefficient (Wildman–Crippen LogP) is 3.44. The number of amides is 1. The lowest BCUT2D eigenvalue weighted by atomic mass is 10.0. The van der Waals surface area contributed by atoms with Gasteiger partial charge in [-0.15, -0.1) is 0 Å². The molecule has 1 heterocycles. The molecule has 0 fully saturated rings. The van der Waals surface area contributed by atoms with Crippen molar-refractivity contribution in [3.05, 3.63) is 70.8 Å². The molecule has 0 aliphatic heterocycles. The highest BCUT2D eigenvalue weighted by atomic mass is 19.1. The highest BCUT2D eigenvalue weighted by Gasteiger charge is 2.32. The molecular formula is C22H22FN3O4. The van der Waals surface area contributed by atoms with Crippen molar-refractivity contribution in [1.29, 1.82) is 0 Å². The number of aromatic nitrogens is 2. The number of carbonyl (C=O) groups excluding carboxylic acids is 1. The lowest BCUT2D eigenvalue weighted by Gasteiger charge is -2.25. The number of halogens is 1. The lowest BCUT2D eigenvalue weighted by Crippen LogP contribution is -2.47. The molecule has 0 spiro atoms. The van der Waals surface area contributed by atoms with Gasteiger partial charge in [-0.2, -0.15) is 5.10 Å². The minimum Gasteiger partial charge on any atom is -0.497 e. The van der Waals surface area contributed by atoms with Gasteiger partial charge in [0, 0.05) is 35.5 Å². The van der Waals surface area contributed by atoms with Crippen LogP contribution >= 0.6 is 0 Å². The summed E-state index contributed by atoms with van der Waals surface area (Å²) in [6, 6.07) is 13.6. The summed E-state index contributed by atoms with van der Waals surface area (Å²) in [7, 11) is 3.02. The molecular weight excluding hydrogens is 389 g/mol. The van der Waals surface area contributed by atoms with E-state index in [-0.39, 0.29) is 5.82 Å². The van der Waals surface area contributed by atoms with Crippen molar-refractivity contribution in [2.45, 2.75) is 19.4 Å². The molecule has 0 aliphatic carbocycles. The Hall–Kier alpha value is -3.68. The Morgan fingerprint density at radius 2 is 1.60 bits per heavy atom. The minimum atomic E-state index is -1.32. The molecule has 0 radical (unpaired) electrons. The molecule has 0 aliphatic rings. The van der Waals surface area contributed by atoms with Gasteiger partial charge in [0.1, 0.15) is 22.9 Å². The maximum absolute atomic E-state index is 13.2. The van der Waals surface area contributed by atoms with Crippen LogP contribution in [0.25, 0.3) is 11.3 Å². The standard InChI is InChI=1S/C22H22FN3O4/c1-22(2,21(28)24-16-11-17(29-3)13-18(12-16)30-4)26-20(27)10-9-19(25-26)14-5-7-15(23)8-6-14/h5-13H,1-4H3,(H,24,28). The number of nitrogens with one attached hydrogen (secondary N) is 1. The van der Waals surface area contributed by atoms with E-state index in [0.29, 0.717) is 28.4 Å². The molecule has 2 aromatic carbocycles. The van der Waals surface area contributed by atoms with Gasteiger partial charge in [-0.1, -0.05) is 0 Å². The van der Waals surface area contributed by atoms with Gasteiger partial charge in [-0.05, 0) is 44.2 Å². The minimum absolute atomic E-state index is 0.375. The van der Waals surface area contributed by atoms with E-state index >= 15 is 0 Å². The van der Waals surface area contributed by atoms with Crippen LogP contribution in [0.1, 0.15) is 13.8 Å². The second-order valence-electron chi connectivity index (χ2n) is 7.09. The van der Waals surface area contributed by atoms with Gasteiger partial charge >= 0.3 is 0 Å². The van der Waals surface area contributed by atoms with E-state index in [1.54, 1.807) is 44.2 Å². The zero-order valence-corrected chi connectivity index (χ0v) is 17.1. The van der Waals surface area contributed by atoms with E-state index in [1.807, 2.05) is 0 Å². The highest BCUT2D eigenvalue weighted by Crippen LogP contribution is 2.27. The zero-order valence-electron chi connectivity index (χ0n) is 17.1. The van der Waals surface area contributed by atoms with Gasteiger partial charge < -0.3 is 14.8 Å². The quantitative estimate of drug-likeness (QED) is 0.672. The second-order valence-corrected chi connectivity index (χ2v) is 7.09. The number of methoxy groups -OCH3 is 2. The molecule has 1 aromatic heterocycles. The fraction of sp³-hybridized carbons (Fsp3) is 0.227. The summed E-state index contributed by atoms with van der Waals surface area (Å²) in [5, 5.41) is 7.12. The van der Waals surface area contributed by atoms with E-state index < -0.39 is 17.0 Å². The molecule has 0 atom stereocenters. The maximum atomic E-state index is 13.2. The van der Waals surface area contributed by atoms with E-state index in [0.717, 1.165) is 4.68 Å². The lowest BCUT2D eigenvalue weighted by molar-refractivity contribution is -0.123. The second kappa shape index (κ2) is 8.36. The van der Waals surface area contributed by atoms with Gasteiger partial charge in [0.15, 0.2) is 0 Å². The molecule has 30 heavy (non-hydrogen) atoms. The Morgan fingerprint density at radius 1 is 1.00 bits per heavy atom. The third kappa shape index (κ3) is 4.32. The van der Waals surface area contributed by atoms with Crippen molar-refractivity contribution in [1.82, 2.24) is 9.78 Å². The van der Waals surface area contributed by atoms with Crippen LogP contribution in [0.3, 0.4) is 0 Å². The summed E-state index contributed by atoms with van der Waals surface area (Å²) in [5.74, 6) is 0.191. The SMILES string of the molecule is COc1cc(NC(=O)C(C)(C)n2nc(-c3ccc(F)cc3)ccc2=O)cc(OC)c1. The summed E-state index contributed by atoms with van der Waals surface area (Å²) in [4.78, 5) is 25.5. The van der Waals surface area contributed by atoms with Crippen molar-refractivity contribution in [3.8, 4) is 22.8 Å². The van der Waals surface area contributed by atoms with Gasteiger partial charge in [0.05, 0.1) is 19.9 Å². The number of anilines is 1. The van der Waals surface area contributed by atoms with E-state index in [4.69, 9.17) is 9.47 Å². The van der Waals surface area contributed by atoms with Crippen LogP contribution in [-0.4, -0.2) is 29.9 Å². The summed E-state index contributed by atoms with van der Waals surface area (Å²) < 4.78 is 24.8. The number of ether oxygens (including phenoxy) is 2. The van der Waals surface area contributed by atoms with E-state index in [1.165, 1.54) is 38.5 Å². The maximum Gasteiger partial charge on any atom is 0.267 e. The Morgan fingerprint density at radius 3 is 2.17 bits per heavy atom. The van der Waals surface area contributed by atoms with Gasteiger partial charge in [-0.25, -0.2) is 9.07 Å². The van der Waals surface area contributed by atoms with Gasteiger partial charge in [-0.3, -0.25) is 9.59 Å². The molecule has 0 saturated carbocycles. The normalized spacial score (nSPS) is 11.1. The molecule has 0 unspecified atom stereocenters. The van der Waals surface area contributed by atoms with Gasteiger partial charge in [0.2, 0.25) is 0 Å². The van der Waals surface area contributed by atoms with Crippen LogP contribution in [0, 0.1) is 5.82 Å². The Labute approximate surface area is 173 Å².